The zero-order chi connectivity index (χ0) is 30.4. The van der Waals surface area contributed by atoms with Gasteiger partial charge in [0.2, 0.25) is 0 Å². The van der Waals surface area contributed by atoms with E-state index in [0.717, 1.165) is 5.56 Å². The molecule has 1 fully saturated rings. The maximum absolute atomic E-state index is 14.0. The number of allylic oxidation sites excluding steroid dienone is 1. The Bertz CT molecular complexity index is 1410. The average molecular weight is 580 g/mol. The summed E-state index contributed by atoms with van der Waals surface area (Å²) in [7, 11) is 4.67. The molecule has 224 valence electrons. The fourth-order valence-electron chi connectivity index (χ4n) is 5.67. The van der Waals surface area contributed by atoms with Crippen LogP contribution in [0.4, 0.5) is 0 Å². The highest BCUT2D eigenvalue weighted by atomic mass is 16.6. The molecule has 1 saturated carbocycles. The molecule has 1 unspecified atom stereocenters. The Kier molecular flexibility index (Phi) is 10.0. The van der Waals surface area contributed by atoms with E-state index in [1.165, 1.54) is 14.0 Å². The molecule has 2 aromatic rings. The number of esters is 2. The lowest BCUT2D eigenvalue weighted by Gasteiger charge is -2.38. The van der Waals surface area contributed by atoms with Gasteiger partial charge in [0, 0.05) is 37.8 Å². The van der Waals surface area contributed by atoms with Gasteiger partial charge < -0.3 is 28.4 Å². The smallest absolute Gasteiger partial charge is 0.336 e. The van der Waals surface area contributed by atoms with Gasteiger partial charge in [-0.2, -0.15) is 0 Å². The van der Waals surface area contributed by atoms with Gasteiger partial charge in [-0.25, -0.2) is 4.79 Å². The summed E-state index contributed by atoms with van der Waals surface area (Å²) in [4.78, 5) is 43.9. The maximum Gasteiger partial charge on any atom is 0.336 e. The standard InChI is InChI=1S/C32H37NO9/c1-7-40-28-17-21(9-11-26(28)42-19(3)34)30-29(32(36)41-13-12-37-4)18(2)33-23-14-22(15-24(35)31(23)30)20-8-10-25(38-5)27(16-20)39-6/h8-11,16-17,22,30-31H,7,12-15H2,1-6H3/t22-,30+,31?/m1/s1. The number of nitrogens with zero attached hydrogens (tertiary/aromatic N) is 1. The van der Waals surface area contributed by atoms with Gasteiger partial charge >= 0.3 is 11.9 Å². The summed E-state index contributed by atoms with van der Waals surface area (Å²) in [6.45, 7) is 5.50. The van der Waals surface area contributed by atoms with Crippen molar-refractivity contribution in [1.29, 1.82) is 0 Å². The van der Waals surface area contributed by atoms with Gasteiger partial charge in [0.25, 0.3) is 0 Å². The summed E-state index contributed by atoms with van der Waals surface area (Å²) >= 11 is 0. The molecule has 1 aliphatic heterocycles. The molecule has 0 spiro atoms. The summed E-state index contributed by atoms with van der Waals surface area (Å²) in [6, 6.07) is 10.7. The number of fused-ring (bicyclic) bond motifs is 1. The van der Waals surface area contributed by atoms with Crippen molar-refractivity contribution in [2.24, 2.45) is 10.9 Å². The Labute approximate surface area is 245 Å². The topological polar surface area (TPSA) is 119 Å². The number of hydrogen-bond donors (Lipinski definition) is 0. The maximum atomic E-state index is 14.0. The van der Waals surface area contributed by atoms with E-state index >= 15 is 0 Å². The van der Waals surface area contributed by atoms with Gasteiger partial charge in [0.1, 0.15) is 12.4 Å². The molecule has 1 heterocycles. The van der Waals surface area contributed by atoms with Crippen molar-refractivity contribution in [3.05, 3.63) is 58.8 Å². The van der Waals surface area contributed by atoms with Gasteiger partial charge in [-0.05, 0) is 61.6 Å². The number of hydrogen-bond acceptors (Lipinski definition) is 10. The van der Waals surface area contributed by atoms with Crippen molar-refractivity contribution in [1.82, 2.24) is 0 Å². The Morgan fingerprint density at radius 1 is 0.881 bits per heavy atom. The van der Waals surface area contributed by atoms with Crippen molar-refractivity contribution >= 4 is 23.4 Å². The van der Waals surface area contributed by atoms with E-state index < -0.39 is 23.8 Å². The van der Waals surface area contributed by atoms with E-state index in [9.17, 15) is 14.4 Å². The Morgan fingerprint density at radius 3 is 2.24 bits per heavy atom. The highest BCUT2D eigenvalue weighted by Gasteiger charge is 2.46. The lowest BCUT2D eigenvalue weighted by molar-refractivity contribution is -0.141. The Morgan fingerprint density at radius 2 is 1.57 bits per heavy atom. The Balaban J connectivity index is 1.78. The number of carbonyl (C=O) groups excluding carboxylic acids is 3. The van der Waals surface area contributed by atoms with Crippen LogP contribution in [0.5, 0.6) is 23.0 Å². The van der Waals surface area contributed by atoms with Crippen molar-refractivity contribution < 1.29 is 42.8 Å². The van der Waals surface area contributed by atoms with E-state index in [-0.39, 0.29) is 37.1 Å². The number of Topliss-reactive ketones (excluding diaryl/α,β-unsaturated/α-hetero) is 1. The number of benzene rings is 2. The quantitative estimate of drug-likeness (QED) is 0.210. The van der Waals surface area contributed by atoms with Crippen LogP contribution in [0.3, 0.4) is 0 Å². The molecule has 42 heavy (non-hydrogen) atoms. The van der Waals surface area contributed by atoms with Gasteiger partial charge in [-0.1, -0.05) is 12.1 Å². The second-order valence-corrected chi connectivity index (χ2v) is 10.1. The van der Waals surface area contributed by atoms with Crippen molar-refractivity contribution in [3.63, 3.8) is 0 Å². The van der Waals surface area contributed by atoms with Crippen LogP contribution in [0, 0.1) is 5.92 Å². The second kappa shape index (κ2) is 13.7. The zero-order valence-electron chi connectivity index (χ0n) is 24.9. The summed E-state index contributed by atoms with van der Waals surface area (Å²) in [6.07, 6.45) is 0.778. The number of carbonyl (C=O) groups is 3. The third kappa shape index (κ3) is 6.49. The highest BCUT2D eigenvalue weighted by Crippen LogP contribution is 2.48. The normalized spacial score (nSPS) is 19.9. The SMILES string of the molecule is CCOc1cc([C@H]2C(C(=O)OCCOC)=C(C)N=C3C[C@@H](c4ccc(OC)c(OC)c4)CC(=O)C32)ccc1OC(C)=O. The first-order valence-electron chi connectivity index (χ1n) is 13.9. The van der Waals surface area contributed by atoms with E-state index in [1.807, 2.05) is 25.1 Å². The Hall–Kier alpha value is -4.18. The molecule has 1 aliphatic carbocycles. The van der Waals surface area contributed by atoms with Crippen molar-refractivity contribution in [2.75, 3.05) is 41.2 Å². The van der Waals surface area contributed by atoms with Crippen molar-refractivity contribution in [3.8, 4) is 23.0 Å². The lowest BCUT2D eigenvalue weighted by atomic mass is 9.66. The zero-order valence-corrected chi connectivity index (χ0v) is 24.9. The van der Waals surface area contributed by atoms with E-state index in [2.05, 4.69) is 0 Å². The summed E-state index contributed by atoms with van der Waals surface area (Å²) < 4.78 is 32.6. The van der Waals surface area contributed by atoms with Crippen LogP contribution < -0.4 is 18.9 Å². The van der Waals surface area contributed by atoms with Crippen LogP contribution in [0.15, 0.2) is 52.7 Å². The fraction of sp³-hybridized carbons (Fsp3) is 0.438. The van der Waals surface area contributed by atoms with Crippen molar-refractivity contribution in [2.45, 2.75) is 45.4 Å². The van der Waals surface area contributed by atoms with Crippen LogP contribution in [-0.2, 0) is 23.9 Å². The molecule has 0 aromatic heterocycles. The second-order valence-electron chi connectivity index (χ2n) is 10.1. The minimum atomic E-state index is -0.677. The van der Waals surface area contributed by atoms with E-state index in [0.29, 0.717) is 52.8 Å². The summed E-state index contributed by atoms with van der Waals surface area (Å²) in [5.41, 5.74) is 3.08. The molecule has 0 saturated heterocycles. The van der Waals surface area contributed by atoms with Crippen LogP contribution in [0.1, 0.15) is 56.6 Å². The first-order chi connectivity index (χ1) is 20.2. The molecule has 0 amide bonds. The summed E-state index contributed by atoms with van der Waals surface area (Å²) in [5, 5.41) is 0. The highest BCUT2D eigenvalue weighted by molar-refractivity contribution is 6.12. The van der Waals surface area contributed by atoms with Crippen LogP contribution in [-0.4, -0.2) is 64.6 Å². The number of aliphatic imine (C=N–C) groups is 1. The number of ketones is 1. The number of methoxy groups -OCH3 is 3. The average Bonchev–Trinajstić information content (AvgIpc) is 2.96. The minimum absolute atomic E-state index is 0.0403. The third-order valence-electron chi connectivity index (χ3n) is 7.45. The fourth-order valence-corrected chi connectivity index (χ4v) is 5.67. The van der Waals surface area contributed by atoms with Gasteiger partial charge in [0.15, 0.2) is 23.0 Å². The van der Waals surface area contributed by atoms with Gasteiger partial charge in [-0.15, -0.1) is 0 Å². The monoisotopic (exact) mass is 579 g/mol. The number of rotatable bonds is 11. The molecule has 0 radical (unpaired) electrons. The first kappa shape index (κ1) is 30.8. The molecule has 4 rings (SSSR count). The van der Waals surface area contributed by atoms with E-state index in [4.69, 9.17) is 33.4 Å². The molecular formula is C32H37NO9. The van der Waals surface area contributed by atoms with Crippen LogP contribution in [0.25, 0.3) is 0 Å². The van der Waals surface area contributed by atoms with E-state index in [1.54, 1.807) is 39.3 Å². The van der Waals surface area contributed by atoms with Gasteiger partial charge in [-0.3, -0.25) is 14.6 Å². The first-order valence-corrected chi connectivity index (χ1v) is 13.9. The predicted octanol–water partition coefficient (Wildman–Crippen LogP) is 4.79. The van der Waals surface area contributed by atoms with Crippen LogP contribution >= 0.6 is 0 Å². The molecular weight excluding hydrogens is 542 g/mol. The van der Waals surface area contributed by atoms with Gasteiger partial charge in [0.05, 0.1) is 38.9 Å². The predicted molar refractivity (Wildman–Crippen MR) is 155 cm³/mol. The molecule has 3 atom stereocenters. The minimum Gasteiger partial charge on any atom is -0.493 e. The molecule has 2 aromatic carbocycles. The largest absolute Gasteiger partial charge is 0.493 e. The lowest BCUT2D eigenvalue weighted by Crippen LogP contribution is -2.41. The van der Waals surface area contributed by atoms with Crippen LogP contribution in [0.2, 0.25) is 0 Å². The summed E-state index contributed by atoms with van der Waals surface area (Å²) in [5.74, 6) is -0.775. The third-order valence-corrected chi connectivity index (χ3v) is 7.45. The molecule has 2 aliphatic rings. The molecule has 0 N–H and O–H groups in total. The molecule has 0 bridgehead atoms. The molecule has 10 nitrogen and oxygen atoms in total. The molecule has 10 heteroatoms. The number of ether oxygens (including phenoxy) is 6.